The first-order valence-corrected chi connectivity index (χ1v) is 7.55. The standard InChI is InChI=1S/C19H18N2/c1-20-17-7-9-18(10-8-17)21-13-19(14-21)11-16(12-19)15-5-3-2-4-6-15/h2-10,16H,11-14H2. The number of nitrogens with zero attached hydrogens (tertiary/aromatic N) is 2. The van der Waals surface area contributed by atoms with E-state index in [9.17, 15) is 0 Å². The van der Waals surface area contributed by atoms with Gasteiger partial charge in [0.05, 0.1) is 6.57 Å². The maximum absolute atomic E-state index is 7.00. The summed E-state index contributed by atoms with van der Waals surface area (Å²) < 4.78 is 0. The van der Waals surface area contributed by atoms with Crippen LogP contribution in [0.4, 0.5) is 11.4 Å². The summed E-state index contributed by atoms with van der Waals surface area (Å²) in [5.41, 5.74) is 4.04. The van der Waals surface area contributed by atoms with Crippen molar-refractivity contribution in [3.63, 3.8) is 0 Å². The molecule has 4 rings (SSSR count). The van der Waals surface area contributed by atoms with E-state index in [2.05, 4.69) is 52.2 Å². The van der Waals surface area contributed by atoms with Crippen LogP contribution in [0, 0.1) is 12.0 Å². The van der Waals surface area contributed by atoms with E-state index in [1.807, 2.05) is 12.1 Å². The van der Waals surface area contributed by atoms with Crippen LogP contribution in [0.3, 0.4) is 0 Å². The molecule has 1 saturated carbocycles. The van der Waals surface area contributed by atoms with Crippen LogP contribution < -0.4 is 4.90 Å². The molecule has 2 heteroatoms. The van der Waals surface area contributed by atoms with Gasteiger partial charge < -0.3 is 4.90 Å². The third-order valence-electron chi connectivity index (χ3n) is 5.03. The Balaban J connectivity index is 1.37. The van der Waals surface area contributed by atoms with Gasteiger partial charge in [0.2, 0.25) is 0 Å². The predicted octanol–water partition coefficient (Wildman–Crippen LogP) is 4.62. The van der Waals surface area contributed by atoms with Gasteiger partial charge in [0, 0.05) is 24.2 Å². The van der Waals surface area contributed by atoms with Crippen molar-refractivity contribution in [3.05, 3.63) is 71.6 Å². The highest BCUT2D eigenvalue weighted by Gasteiger charge is 2.52. The SMILES string of the molecule is [C-]#[N+]c1ccc(N2CC3(CC(c4ccccc4)C3)C2)cc1. The lowest BCUT2D eigenvalue weighted by molar-refractivity contribution is 0.0634. The fourth-order valence-corrected chi connectivity index (χ4v) is 3.89. The summed E-state index contributed by atoms with van der Waals surface area (Å²) in [7, 11) is 0. The Morgan fingerprint density at radius 2 is 1.62 bits per heavy atom. The van der Waals surface area contributed by atoms with Gasteiger partial charge >= 0.3 is 0 Å². The van der Waals surface area contributed by atoms with Crippen LogP contribution in [-0.2, 0) is 0 Å². The molecule has 21 heavy (non-hydrogen) atoms. The summed E-state index contributed by atoms with van der Waals surface area (Å²) in [5, 5.41) is 0. The van der Waals surface area contributed by atoms with Gasteiger partial charge in [-0.25, -0.2) is 4.85 Å². The number of hydrogen-bond acceptors (Lipinski definition) is 1. The van der Waals surface area contributed by atoms with Gasteiger partial charge in [0.1, 0.15) is 0 Å². The lowest BCUT2D eigenvalue weighted by Crippen LogP contribution is -2.61. The summed E-state index contributed by atoms with van der Waals surface area (Å²) in [4.78, 5) is 5.89. The van der Waals surface area contributed by atoms with E-state index in [1.165, 1.54) is 37.2 Å². The maximum Gasteiger partial charge on any atom is 0.187 e. The molecule has 0 amide bonds. The molecule has 1 spiro atoms. The van der Waals surface area contributed by atoms with Gasteiger partial charge in [-0.2, -0.15) is 0 Å². The van der Waals surface area contributed by atoms with Crippen molar-refractivity contribution in [1.29, 1.82) is 0 Å². The first-order chi connectivity index (χ1) is 10.3. The Labute approximate surface area is 125 Å². The largest absolute Gasteiger partial charge is 0.370 e. The average Bonchev–Trinajstić information content (AvgIpc) is 2.46. The molecule has 0 N–H and O–H groups in total. The average molecular weight is 274 g/mol. The molecule has 2 aromatic rings. The van der Waals surface area contributed by atoms with Crippen molar-refractivity contribution in [1.82, 2.24) is 0 Å². The maximum atomic E-state index is 7.00. The van der Waals surface area contributed by atoms with E-state index < -0.39 is 0 Å². The van der Waals surface area contributed by atoms with Crippen LogP contribution in [0.25, 0.3) is 4.85 Å². The smallest absolute Gasteiger partial charge is 0.187 e. The molecule has 104 valence electrons. The summed E-state index contributed by atoms with van der Waals surface area (Å²) >= 11 is 0. The van der Waals surface area contributed by atoms with Crippen LogP contribution in [-0.4, -0.2) is 13.1 Å². The fourth-order valence-electron chi connectivity index (χ4n) is 3.89. The van der Waals surface area contributed by atoms with Crippen LogP contribution in [0.2, 0.25) is 0 Å². The van der Waals surface area contributed by atoms with Gasteiger partial charge in [-0.3, -0.25) is 0 Å². The van der Waals surface area contributed by atoms with Crippen molar-refractivity contribution < 1.29 is 0 Å². The number of anilines is 1. The minimum atomic E-state index is 0.555. The van der Waals surface area contributed by atoms with Crippen LogP contribution in [0.5, 0.6) is 0 Å². The molecule has 0 atom stereocenters. The predicted molar refractivity (Wildman–Crippen MR) is 85.8 cm³/mol. The van der Waals surface area contributed by atoms with E-state index in [4.69, 9.17) is 6.57 Å². The van der Waals surface area contributed by atoms with Crippen LogP contribution in [0.15, 0.2) is 54.6 Å². The normalized spacial score (nSPS) is 19.7. The van der Waals surface area contributed by atoms with E-state index in [1.54, 1.807) is 0 Å². The molecule has 0 aromatic heterocycles. The quantitative estimate of drug-likeness (QED) is 0.725. The number of hydrogen-bond donors (Lipinski definition) is 0. The fraction of sp³-hybridized carbons (Fsp3) is 0.316. The van der Waals surface area contributed by atoms with Gasteiger partial charge in [-0.15, -0.1) is 0 Å². The second kappa shape index (κ2) is 4.63. The van der Waals surface area contributed by atoms with Crippen molar-refractivity contribution in [2.75, 3.05) is 18.0 Å². The molecule has 1 saturated heterocycles. The summed E-state index contributed by atoms with van der Waals surface area (Å²) in [6.07, 6.45) is 2.65. The Hall–Kier alpha value is -2.27. The molecule has 0 bridgehead atoms. The van der Waals surface area contributed by atoms with Gasteiger partial charge in [0.15, 0.2) is 5.69 Å². The minimum Gasteiger partial charge on any atom is -0.370 e. The van der Waals surface area contributed by atoms with Crippen molar-refractivity contribution in [2.24, 2.45) is 5.41 Å². The van der Waals surface area contributed by atoms with Gasteiger partial charge in [-0.05, 0) is 36.5 Å². The van der Waals surface area contributed by atoms with Crippen LogP contribution >= 0.6 is 0 Å². The highest BCUT2D eigenvalue weighted by atomic mass is 15.2. The van der Waals surface area contributed by atoms with E-state index >= 15 is 0 Å². The van der Waals surface area contributed by atoms with Gasteiger partial charge in [-0.1, -0.05) is 42.5 Å². The second-order valence-electron chi connectivity index (χ2n) is 6.50. The first-order valence-electron chi connectivity index (χ1n) is 7.55. The topological polar surface area (TPSA) is 7.60 Å². The Morgan fingerprint density at radius 3 is 2.24 bits per heavy atom. The highest BCUT2D eigenvalue weighted by Crippen LogP contribution is 2.56. The molecule has 1 heterocycles. The van der Waals surface area contributed by atoms with E-state index in [0.717, 1.165) is 11.6 Å². The molecule has 0 radical (unpaired) electrons. The van der Waals surface area contributed by atoms with E-state index in [-0.39, 0.29) is 0 Å². The molecular formula is C19H18N2. The number of rotatable bonds is 2. The lowest BCUT2D eigenvalue weighted by atomic mass is 9.56. The summed E-state index contributed by atoms with van der Waals surface area (Å²) in [6, 6.07) is 18.9. The summed E-state index contributed by atoms with van der Waals surface area (Å²) in [5.74, 6) is 0.762. The molecule has 2 aliphatic rings. The Morgan fingerprint density at radius 1 is 0.952 bits per heavy atom. The zero-order valence-corrected chi connectivity index (χ0v) is 12.0. The minimum absolute atomic E-state index is 0.555. The Kier molecular flexibility index (Phi) is 2.75. The monoisotopic (exact) mass is 274 g/mol. The zero-order valence-electron chi connectivity index (χ0n) is 12.0. The van der Waals surface area contributed by atoms with E-state index in [0.29, 0.717) is 5.41 Å². The lowest BCUT2D eigenvalue weighted by Gasteiger charge is -2.60. The van der Waals surface area contributed by atoms with Gasteiger partial charge in [0.25, 0.3) is 0 Å². The molecule has 2 fully saturated rings. The van der Waals surface area contributed by atoms with Crippen molar-refractivity contribution >= 4 is 11.4 Å². The zero-order chi connectivity index (χ0) is 14.3. The number of benzene rings is 2. The second-order valence-corrected chi connectivity index (χ2v) is 6.50. The molecule has 2 aromatic carbocycles. The molecule has 1 aliphatic heterocycles. The molecule has 1 aliphatic carbocycles. The highest BCUT2D eigenvalue weighted by molar-refractivity contribution is 5.57. The van der Waals surface area contributed by atoms with Crippen LogP contribution in [0.1, 0.15) is 24.3 Å². The first kappa shape index (κ1) is 12.5. The third kappa shape index (κ3) is 2.10. The molecule has 0 unspecified atom stereocenters. The molecule has 2 nitrogen and oxygen atoms in total. The summed E-state index contributed by atoms with van der Waals surface area (Å²) in [6.45, 7) is 9.35. The van der Waals surface area contributed by atoms with Crippen molar-refractivity contribution in [2.45, 2.75) is 18.8 Å². The Bertz CT molecular complexity index is 668. The van der Waals surface area contributed by atoms with Crippen molar-refractivity contribution in [3.8, 4) is 0 Å². The third-order valence-corrected chi connectivity index (χ3v) is 5.03. The molecular weight excluding hydrogens is 256 g/mol.